The van der Waals surface area contributed by atoms with Crippen LogP contribution in [0.3, 0.4) is 0 Å². The van der Waals surface area contributed by atoms with Gasteiger partial charge < -0.3 is 14.8 Å². The lowest BCUT2D eigenvalue weighted by Crippen LogP contribution is -2.44. The Morgan fingerprint density at radius 1 is 1.30 bits per heavy atom. The molecular weight excluding hydrogens is 385 g/mol. The summed E-state index contributed by atoms with van der Waals surface area (Å²) in [6.07, 6.45) is -4.80. The normalized spacial score (nSPS) is 19.9. The van der Waals surface area contributed by atoms with Gasteiger partial charge in [0.25, 0.3) is 0 Å². The molecule has 0 aromatic heterocycles. The summed E-state index contributed by atoms with van der Waals surface area (Å²) in [6, 6.07) is 3.54. The topological polar surface area (TPSA) is 77.0 Å². The second kappa shape index (κ2) is 9.12. The first-order valence-electron chi connectivity index (χ1n) is 8.17. The summed E-state index contributed by atoms with van der Waals surface area (Å²) in [5, 5.41) is 2.57. The van der Waals surface area contributed by atoms with Crippen LogP contribution >= 0.6 is 11.8 Å². The zero-order valence-electron chi connectivity index (χ0n) is 14.7. The van der Waals surface area contributed by atoms with Gasteiger partial charge in [-0.1, -0.05) is 19.1 Å². The molecule has 2 rings (SSSR count). The van der Waals surface area contributed by atoms with Gasteiger partial charge in [-0.2, -0.15) is 11.8 Å². The van der Waals surface area contributed by atoms with Crippen LogP contribution in [0, 0.1) is 5.92 Å². The van der Waals surface area contributed by atoms with Gasteiger partial charge in [0.1, 0.15) is 18.3 Å². The first-order valence-corrected chi connectivity index (χ1v) is 9.32. The Morgan fingerprint density at radius 2 is 1.96 bits per heavy atom. The zero-order chi connectivity index (χ0) is 20.0. The van der Waals surface area contributed by atoms with Crippen LogP contribution in [-0.2, 0) is 9.53 Å². The smallest absolute Gasteiger partial charge is 0.464 e. The van der Waals surface area contributed by atoms with Crippen LogP contribution in [0.1, 0.15) is 25.5 Å². The molecule has 2 unspecified atom stereocenters. The first-order chi connectivity index (χ1) is 12.7. The van der Waals surface area contributed by atoms with E-state index in [-0.39, 0.29) is 12.3 Å². The molecule has 0 radical (unpaired) electrons. The minimum absolute atomic E-state index is 0.222. The molecule has 1 N–H and O–H groups in total. The number of hydrogen-bond donors (Lipinski definition) is 1. The molecule has 0 spiro atoms. The summed E-state index contributed by atoms with van der Waals surface area (Å²) in [7, 11) is 0. The van der Waals surface area contributed by atoms with Crippen LogP contribution in [0.15, 0.2) is 29.3 Å². The maximum Gasteiger partial charge on any atom is 0.573 e. The molecule has 0 saturated heterocycles. The number of carbonyl (C=O) groups excluding carboxylic acids is 2. The Balaban J connectivity index is 2.17. The molecule has 10 heteroatoms. The zero-order valence-corrected chi connectivity index (χ0v) is 15.5. The Bertz CT molecular complexity index is 707. The third-order valence-corrected chi connectivity index (χ3v) is 4.61. The second-order valence-corrected chi connectivity index (χ2v) is 7.03. The molecule has 148 valence electrons. The maximum absolute atomic E-state index is 12.5. The number of amides is 2. The summed E-state index contributed by atoms with van der Waals surface area (Å²) in [4.78, 5) is 28.0. The third kappa shape index (κ3) is 6.16. The molecule has 2 atom stereocenters. The van der Waals surface area contributed by atoms with Crippen molar-refractivity contribution in [3.05, 3.63) is 29.8 Å². The number of halogens is 3. The quantitative estimate of drug-likeness (QED) is 0.554. The van der Waals surface area contributed by atoms with E-state index in [0.29, 0.717) is 11.3 Å². The van der Waals surface area contributed by atoms with Crippen molar-refractivity contribution in [2.45, 2.75) is 26.3 Å². The number of ether oxygens (including phenoxy) is 2. The molecule has 0 saturated carbocycles. The molecule has 2 amide bonds. The minimum Gasteiger partial charge on any atom is -0.464 e. The van der Waals surface area contributed by atoms with Gasteiger partial charge in [-0.25, -0.2) is 9.79 Å². The fraction of sp³-hybridized carbons (Fsp3) is 0.471. The summed E-state index contributed by atoms with van der Waals surface area (Å²) in [6.45, 7) is 3.75. The van der Waals surface area contributed by atoms with Gasteiger partial charge in [0.2, 0.25) is 0 Å². The van der Waals surface area contributed by atoms with Gasteiger partial charge in [0, 0.05) is 11.5 Å². The van der Waals surface area contributed by atoms with Gasteiger partial charge in [0.15, 0.2) is 0 Å². The van der Waals surface area contributed by atoms with Gasteiger partial charge in [0.05, 0.1) is 6.04 Å². The monoisotopic (exact) mass is 404 g/mol. The summed E-state index contributed by atoms with van der Waals surface area (Å²) < 4.78 is 45.9. The number of carbonyl (C=O) groups is 2. The molecule has 1 aromatic carbocycles. The molecule has 0 fully saturated rings. The average molecular weight is 404 g/mol. The number of nitrogens with one attached hydrogen (secondary N) is 1. The van der Waals surface area contributed by atoms with Crippen LogP contribution in [0.4, 0.5) is 18.0 Å². The van der Waals surface area contributed by atoms with E-state index in [0.717, 1.165) is 17.9 Å². The first kappa shape index (κ1) is 21.1. The Labute approximate surface area is 158 Å². The average Bonchev–Trinajstić information content (AvgIpc) is 2.57. The highest BCUT2D eigenvalue weighted by Crippen LogP contribution is 2.30. The predicted molar refractivity (Wildman–Crippen MR) is 95.0 cm³/mol. The number of rotatable bonds is 7. The predicted octanol–water partition coefficient (Wildman–Crippen LogP) is 3.72. The Hall–Kier alpha value is -2.23. The van der Waals surface area contributed by atoms with E-state index in [4.69, 9.17) is 4.74 Å². The van der Waals surface area contributed by atoms with E-state index in [2.05, 4.69) is 15.0 Å². The van der Waals surface area contributed by atoms with Crippen LogP contribution in [-0.4, -0.2) is 42.2 Å². The largest absolute Gasteiger partial charge is 0.573 e. The number of alkyl halides is 3. The highest BCUT2D eigenvalue weighted by Gasteiger charge is 2.38. The van der Waals surface area contributed by atoms with Gasteiger partial charge >= 0.3 is 18.4 Å². The van der Waals surface area contributed by atoms with Crippen molar-refractivity contribution in [1.82, 2.24) is 5.32 Å². The lowest BCUT2D eigenvalue weighted by molar-refractivity contribution is -0.274. The number of benzene rings is 1. The van der Waals surface area contributed by atoms with Crippen molar-refractivity contribution in [2.75, 3.05) is 18.1 Å². The van der Waals surface area contributed by atoms with Crippen LogP contribution in [0.25, 0.3) is 0 Å². The summed E-state index contributed by atoms with van der Waals surface area (Å²) >= 11 is 1.62. The maximum atomic E-state index is 12.5. The molecule has 1 heterocycles. The lowest BCUT2D eigenvalue weighted by atomic mass is 9.88. The molecule has 27 heavy (non-hydrogen) atoms. The molecular formula is C17H19F3N2O4S. The fourth-order valence-electron chi connectivity index (χ4n) is 2.61. The minimum atomic E-state index is -4.80. The van der Waals surface area contributed by atoms with E-state index in [1.165, 1.54) is 12.1 Å². The van der Waals surface area contributed by atoms with E-state index >= 15 is 0 Å². The number of hydrogen-bond acceptors (Lipinski definition) is 5. The van der Waals surface area contributed by atoms with Crippen molar-refractivity contribution in [3.8, 4) is 5.75 Å². The van der Waals surface area contributed by atoms with E-state index in [1.54, 1.807) is 18.7 Å². The SMILES string of the molecule is CCSCCOC(=O)C1C(C)=NC(=O)NC1c1ccc(OC(F)(F)F)cc1. The van der Waals surface area contributed by atoms with Gasteiger partial charge in [-0.3, -0.25) is 4.79 Å². The molecule has 1 aromatic rings. The second-order valence-electron chi connectivity index (χ2n) is 5.64. The summed E-state index contributed by atoms with van der Waals surface area (Å²) in [5.74, 6) is -0.259. The van der Waals surface area contributed by atoms with Gasteiger partial charge in [-0.15, -0.1) is 13.2 Å². The van der Waals surface area contributed by atoms with Crippen LogP contribution in [0.5, 0.6) is 5.75 Å². The highest BCUT2D eigenvalue weighted by atomic mass is 32.2. The number of urea groups is 1. The van der Waals surface area contributed by atoms with Crippen LogP contribution in [0.2, 0.25) is 0 Å². The number of thioether (sulfide) groups is 1. The Kier molecular flexibility index (Phi) is 7.11. The van der Waals surface area contributed by atoms with E-state index in [1.807, 2.05) is 6.92 Å². The Morgan fingerprint density at radius 3 is 2.56 bits per heavy atom. The van der Waals surface area contributed by atoms with E-state index in [9.17, 15) is 22.8 Å². The van der Waals surface area contributed by atoms with Crippen LogP contribution < -0.4 is 10.1 Å². The fourth-order valence-corrected chi connectivity index (χ4v) is 3.10. The molecule has 0 bridgehead atoms. The molecule has 1 aliphatic rings. The summed E-state index contributed by atoms with van der Waals surface area (Å²) in [5.41, 5.74) is 0.726. The molecule has 1 aliphatic heterocycles. The molecule has 0 aliphatic carbocycles. The highest BCUT2D eigenvalue weighted by molar-refractivity contribution is 7.99. The number of nitrogens with zero attached hydrogens (tertiary/aromatic N) is 1. The standard InChI is InChI=1S/C17H19F3N2O4S/c1-3-27-9-8-25-15(23)13-10(2)21-16(24)22-14(13)11-4-6-12(7-5-11)26-17(18,19)20/h4-7,13-14H,3,8-9H2,1-2H3,(H,22,24). The number of aliphatic imine (C=N–C) groups is 1. The van der Waals surface area contributed by atoms with Crippen molar-refractivity contribution >= 4 is 29.5 Å². The van der Waals surface area contributed by atoms with Crippen molar-refractivity contribution in [3.63, 3.8) is 0 Å². The van der Waals surface area contributed by atoms with Crippen molar-refractivity contribution in [2.24, 2.45) is 10.9 Å². The van der Waals surface area contributed by atoms with Gasteiger partial charge in [-0.05, 0) is 30.4 Å². The number of esters is 1. The molecule has 6 nitrogen and oxygen atoms in total. The lowest BCUT2D eigenvalue weighted by Gasteiger charge is -2.29. The van der Waals surface area contributed by atoms with E-state index < -0.39 is 36.1 Å². The van der Waals surface area contributed by atoms with Crippen molar-refractivity contribution in [1.29, 1.82) is 0 Å². The van der Waals surface area contributed by atoms with Crippen molar-refractivity contribution < 1.29 is 32.2 Å². The third-order valence-electron chi connectivity index (χ3n) is 3.74.